The third-order valence-corrected chi connectivity index (χ3v) is 2.93. The SMILES string of the molecule is COc1cccc(N2CC[C@H](NC(=O)O)C2)c1. The van der Waals surface area contributed by atoms with E-state index in [1.165, 1.54) is 0 Å². The third kappa shape index (κ3) is 2.81. The van der Waals surface area contributed by atoms with Crippen molar-refractivity contribution in [3.8, 4) is 5.75 Å². The molecule has 1 aliphatic heterocycles. The maximum atomic E-state index is 10.5. The average molecular weight is 236 g/mol. The molecule has 0 aliphatic carbocycles. The summed E-state index contributed by atoms with van der Waals surface area (Å²) >= 11 is 0. The number of nitrogens with one attached hydrogen (secondary N) is 1. The summed E-state index contributed by atoms with van der Waals surface area (Å²) in [4.78, 5) is 12.7. The fourth-order valence-corrected chi connectivity index (χ4v) is 2.09. The van der Waals surface area contributed by atoms with Gasteiger partial charge in [-0.15, -0.1) is 0 Å². The van der Waals surface area contributed by atoms with E-state index >= 15 is 0 Å². The highest BCUT2D eigenvalue weighted by molar-refractivity contribution is 5.65. The molecule has 0 radical (unpaired) electrons. The molecule has 1 aromatic carbocycles. The fourth-order valence-electron chi connectivity index (χ4n) is 2.09. The highest BCUT2D eigenvalue weighted by Crippen LogP contribution is 2.24. The summed E-state index contributed by atoms with van der Waals surface area (Å²) in [6.07, 6.45) is -0.119. The maximum Gasteiger partial charge on any atom is 0.404 e. The Morgan fingerprint density at radius 3 is 3.12 bits per heavy atom. The third-order valence-electron chi connectivity index (χ3n) is 2.93. The number of benzene rings is 1. The molecule has 0 aromatic heterocycles. The van der Waals surface area contributed by atoms with Gasteiger partial charge in [-0.3, -0.25) is 0 Å². The van der Waals surface area contributed by atoms with Crippen LogP contribution in [0, 0.1) is 0 Å². The largest absolute Gasteiger partial charge is 0.497 e. The zero-order valence-corrected chi connectivity index (χ0v) is 9.72. The van der Waals surface area contributed by atoms with Gasteiger partial charge in [-0.1, -0.05) is 6.07 Å². The Kier molecular flexibility index (Phi) is 3.37. The van der Waals surface area contributed by atoms with Crippen molar-refractivity contribution in [3.05, 3.63) is 24.3 Å². The van der Waals surface area contributed by atoms with E-state index in [1.54, 1.807) is 7.11 Å². The lowest BCUT2D eigenvalue weighted by molar-refractivity contribution is 0.191. The van der Waals surface area contributed by atoms with Gasteiger partial charge in [0.25, 0.3) is 0 Å². The van der Waals surface area contributed by atoms with Gasteiger partial charge < -0.3 is 20.1 Å². The fraction of sp³-hybridized carbons (Fsp3) is 0.417. The lowest BCUT2D eigenvalue weighted by Gasteiger charge is -2.19. The van der Waals surface area contributed by atoms with Crippen molar-refractivity contribution >= 4 is 11.8 Å². The molecule has 5 nitrogen and oxygen atoms in total. The van der Waals surface area contributed by atoms with Crippen LogP contribution in [0.25, 0.3) is 0 Å². The van der Waals surface area contributed by atoms with E-state index in [2.05, 4.69) is 10.2 Å². The molecule has 0 unspecified atom stereocenters. The van der Waals surface area contributed by atoms with Crippen LogP contribution in [-0.2, 0) is 0 Å². The molecular weight excluding hydrogens is 220 g/mol. The molecule has 92 valence electrons. The molecule has 0 bridgehead atoms. The van der Waals surface area contributed by atoms with Gasteiger partial charge in [0.05, 0.1) is 13.2 Å². The summed E-state index contributed by atoms with van der Waals surface area (Å²) in [5.41, 5.74) is 1.07. The number of carbonyl (C=O) groups is 1. The van der Waals surface area contributed by atoms with Gasteiger partial charge in [0, 0.05) is 24.8 Å². The lowest BCUT2D eigenvalue weighted by Crippen LogP contribution is -2.36. The van der Waals surface area contributed by atoms with Crippen LogP contribution < -0.4 is 15.0 Å². The number of hydrogen-bond donors (Lipinski definition) is 2. The van der Waals surface area contributed by atoms with Crippen LogP contribution in [0.15, 0.2) is 24.3 Å². The zero-order valence-electron chi connectivity index (χ0n) is 9.72. The molecule has 1 aromatic rings. The minimum absolute atomic E-state index is 0.0127. The van der Waals surface area contributed by atoms with Gasteiger partial charge in [0.15, 0.2) is 0 Å². The van der Waals surface area contributed by atoms with Gasteiger partial charge in [0.2, 0.25) is 0 Å². The van der Waals surface area contributed by atoms with Crippen molar-refractivity contribution in [2.24, 2.45) is 0 Å². The summed E-state index contributed by atoms with van der Waals surface area (Å²) in [5, 5.41) is 11.2. The first-order chi connectivity index (χ1) is 8.19. The predicted molar refractivity (Wildman–Crippen MR) is 64.8 cm³/mol. The van der Waals surface area contributed by atoms with Crippen LogP contribution in [0.5, 0.6) is 5.75 Å². The number of methoxy groups -OCH3 is 1. The van der Waals surface area contributed by atoms with E-state index < -0.39 is 6.09 Å². The molecule has 2 N–H and O–H groups in total. The lowest BCUT2D eigenvalue weighted by atomic mass is 10.2. The van der Waals surface area contributed by atoms with Crippen LogP contribution in [-0.4, -0.2) is 37.4 Å². The van der Waals surface area contributed by atoms with Gasteiger partial charge in [-0.2, -0.15) is 0 Å². The van der Waals surface area contributed by atoms with Crippen molar-refractivity contribution < 1.29 is 14.6 Å². The number of ether oxygens (including phenoxy) is 1. The Hall–Kier alpha value is -1.91. The van der Waals surface area contributed by atoms with E-state index in [0.717, 1.165) is 24.4 Å². The minimum atomic E-state index is -0.956. The van der Waals surface area contributed by atoms with Gasteiger partial charge in [-0.25, -0.2) is 4.79 Å². The summed E-state index contributed by atoms with van der Waals surface area (Å²) in [7, 11) is 1.64. The summed E-state index contributed by atoms with van der Waals surface area (Å²) in [5.74, 6) is 0.817. The van der Waals surface area contributed by atoms with Gasteiger partial charge >= 0.3 is 6.09 Å². The molecule has 1 amide bonds. The number of rotatable bonds is 3. The first-order valence-electron chi connectivity index (χ1n) is 5.57. The van der Waals surface area contributed by atoms with Gasteiger partial charge in [-0.05, 0) is 18.6 Å². The molecule has 1 fully saturated rings. The van der Waals surface area contributed by atoms with Crippen molar-refractivity contribution in [2.75, 3.05) is 25.1 Å². The topological polar surface area (TPSA) is 61.8 Å². The summed E-state index contributed by atoms with van der Waals surface area (Å²) in [6, 6.07) is 7.81. The number of amides is 1. The molecule has 1 saturated heterocycles. The van der Waals surface area contributed by atoms with Crippen molar-refractivity contribution in [1.82, 2.24) is 5.32 Å². The monoisotopic (exact) mass is 236 g/mol. The van der Waals surface area contributed by atoms with Crippen LogP contribution in [0.2, 0.25) is 0 Å². The first kappa shape index (κ1) is 11.6. The van der Waals surface area contributed by atoms with Crippen LogP contribution in [0.4, 0.5) is 10.5 Å². The van der Waals surface area contributed by atoms with E-state index in [1.807, 2.05) is 24.3 Å². The number of carboxylic acid groups (broad SMARTS) is 1. The number of nitrogens with zero attached hydrogens (tertiary/aromatic N) is 1. The Labute approximate surface area is 100.0 Å². The van der Waals surface area contributed by atoms with Crippen LogP contribution in [0.3, 0.4) is 0 Å². The normalized spacial score (nSPS) is 19.1. The van der Waals surface area contributed by atoms with Crippen molar-refractivity contribution in [2.45, 2.75) is 12.5 Å². The molecule has 1 aliphatic rings. The second kappa shape index (κ2) is 4.95. The molecule has 1 heterocycles. The minimum Gasteiger partial charge on any atom is -0.497 e. The highest BCUT2D eigenvalue weighted by atomic mass is 16.5. The zero-order chi connectivity index (χ0) is 12.3. The van der Waals surface area contributed by atoms with Crippen LogP contribution >= 0.6 is 0 Å². The van der Waals surface area contributed by atoms with E-state index in [9.17, 15) is 4.79 Å². The van der Waals surface area contributed by atoms with E-state index in [4.69, 9.17) is 9.84 Å². The highest BCUT2D eigenvalue weighted by Gasteiger charge is 2.23. The summed E-state index contributed by atoms with van der Waals surface area (Å²) < 4.78 is 5.17. The Bertz CT molecular complexity index is 408. The standard InChI is InChI=1S/C12H16N2O3/c1-17-11-4-2-3-10(7-11)14-6-5-9(8-14)13-12(15)16/h2-4,7,9,13H,5-6,8H2,1H3,(H,15,16)/t9-/m0/s1. The molecular formula is C12H16N2O3. The predicted octanol–water partition coefficient (Wildman–Crippen LogP) is 1.54. The van der Waals surface area contributed by atoms with Crippen molar-refractivity contribution in [3.63, 3.8) is 0 Å². The number of anilines is 1. The average Bonchev–Trinajstić information content (AvgIpc) is 2.77. The maximum absolute atomic E-state index is 10.5. The molecule has 0 spiro atoms. The molecule has 1 atom stereocenters. The smallest absolute Gasteiger partial charge is 0.404 e. The van der Waals surface area contributed by atoms with E-state index in [0.29, 0.717) is 6.54 Å². The first-order valence-corrected chi connectivity index (χ1v) is 5.57. The number of hydrogen-bond acceptors (Lipinski definition) is 3. The quantitative estimate of drug-likeness (QED) is 0.835. The summed E-state index contributed by atoms with van der Waals surface area (Å²) in [6.45, 7) is 1.57. The molecule has 5 heteroatoms. The molecule has 0 saturated carbocycles. The second-order valence-electron chi connectivity index (χ2n) is 4.08. The van der Waals surface area contributed by atoms with E-state index in [-0.39, 0.29) is 6.04 Å². The Balaban J connectivity index is 2.01. The second-order valence-corrected chi connectivity index (χ2v) is 4.08. The Morgan fingerprint density at radius 1 is 1.59 bits per heavy atom. The van der Waals surface area contributed by atoms with Crippen LogP contribution in [0.1, 0.15) is 6.42 Å². The molecule has 2 rings (SSSR count). The molecule has 17 heavy (non-hydrogen) atoms. The Morgan fingerprint density at radius 2 is 2.41 bits per heavy atom. The van der Waals surface area contributed by atoms with Crippen molar-refractivity contribution in [1.29, 1.82) is 0 Å². The van der Waals surface area contributed by atoms with Gasteiger partial charge in [0.1, 0.15) is 5.75 Å².